The van der Waals surface area contributed by atoms with Crippen LogP contribution in [0.2, 0.25) is 0 Å². The predicted molar refractivity (Wildman–Crippen MR) is 82.7 cm³/mol. The van der Waals surface area contributed by atoms with Gasteiger partial charge in [0.05, 0.1) is 17.2 Å². The number of nitrogens with zero attached hydrogens (tertiary/aromatic N) is 2. The summed E-state index contributed by atoms with van der Waals surface area (Å²) in [7, 11) is 0. The van der Waals surface area contributed by atoms with Crippen LogP contribution in [0.15, 0.2) is 42.0 Å². The van der Waals surface area contributed by atoms with Gasteiger partial charge in [-0.1, -0.05) is 18.7 Å². The fourth-order valence-electron chi connectivity index (χ4n) is 2.42. The molecule has 2 atom stereocenters. The third-order valence-electron chi connectivity index (χ3n) is 3.81. The topological polar surface area (TPSA) is 61.8 Å². The van der Waals surface area contributed by atoms with E-state index in [-0.39, 0.29) is 11.1 Å². The van der Waals surface area contributed by atoms with Crippen molar-refractivity contribution in [1.29, 1.82) is 0 Å². The molecule has 0 fully saturated rings. The molecule has 5 nitrogen and oxygen atoms in total. The molecule has 1 heterocycles. The Kier molecular flexibility index (Phi) is 4.77. The molecule has 0 radical (unpaired) electrons. The van der Waals surface area contributed by atoms with Crippen LogP contribution in [0.4, 0.5) is 13.2 Å². The number of carbonyl (C=O) groups excluding carboxylic acids is 2. The van der Waals surface area contributed by atoms with Crippen LogP contribution >= 0.6 is 0 Å². The molecule has 1 unspecified atom stereocenters. The Bertz CT molecular complexity index is 678. The number of halogens is 3. The van der Waals surface area contributed by atoms with Gasteiger partial charge in [0.2, 0.25) is 5.84 Å². The van der Waals surface area contributed by atoms with Gasteiger partial charge in [0.15, 0.2) is 0 Å². The Morgan fingerprint density at radius 3 is 2.12 bits per heavy atom. The number of rotatable bonds is 4. The Hall–Kier alpha value is -2.64. The van der Waals surface area contributed by atoms with Crippen molar-refractivity contribution in [2.24, 2.45) is 4.99 Å². The number of fused-ring (bicyclic) bond motifs is 1. The lowest BCUT2D eigenvalue weighted by molar-refractivity contribution is -0.0624. The van der Waals surface area contributed by atoms with E-state index in [2.05, 4.69) is 16.9 Å². The molecule has 0 aliphatic carbocycles. The molecule has 8 heteroatoms. The van der Waals surface area contributed by atoms with E-state index in [9.17, 15) is 22.8 Å². The van der Waals surface area contributed by atoms with Crippen molar-refractivity contribution in [3.63, 3.8) is 0 Å². The first kappa shape index (κ1) is 17.7. The summed E-state index contributed by atoms with van der Waals surface area (Å²) in [6, 6.07) is 4.60. The fraction of sp³-hybridized carbons (Fsp3) is 0.312. The number of benzene rings is 1. The summed E-state index contributed by atoms with van der Waals surface area (Å²) >= 11 is 0. The Labute approximate surface area is 136 Å². The van der Waals surface area contributed by atoms with Gasteiger partial charge in [-0.3, -0.25) is 14.5 Å². The zero-order chi connectivity index (χ0) is 18.1. The molecule has 0 aromatic heterocycles. The Morgan fingerprint density at radius 1 is 1.21 bits per heavy atom. The molecular formula is C16H16F3N3O2. The summed E-state index contributed by atoms with van der Waals surface area (Å²) in [6.07, 6.45) is -3.92. The molecule has 0 saturated heterocycles. The van der Waals surface area contributed by atoms with Crippen molar-refractivity contribution in [2.75, 3.05) is 0 Å². The molecule has 0 bridgehead atoms. The number of carbonyl (C=O) groups is 2. The van der Waals surface area contributed by atoms with Crippen LogP contribution in [0.3, 0.4) is 0 Å². The number of hydrogen-bond donors (Lipinski definition) is 1. The molecule has 1 N–H and O–H groups in total. The van der Waals surface area contributed by atoms with Crippen molar-refractivity contribution in [3.8, 4) is 0 Å². The minimum atomic E-state index is -4.69. The fourth-order valence-corrected chi connectivity index (χ4v) is 2.42. The van der Waals surface area contributed by atoms with Crippen LogP contribution in [0.5, 0.6) is 0 Å². The molecule has 0 saturated carbocycles. The van der Waals surface area contributed by atoms with E-state index in [4.69, 9.17) is 0 Å². The molecule has 1 aromatic carbocycles. The van der Waals surface area contributed by atoms with Crippen LogP contribution in [-0.2, 0) is 0 Å². The van der Waals surface area contributed by atoms with E-state index in [0.717, 1.165) is 11.1 Å². The van der Waals surface area contributed by atoms with E-state index >= 15 is 0 Å². The van der Waals surface area contributed by atoms with Gasteiger partial charge in [-0.15, -0.1) is 0 Å². The van der Waals surface area contributed by atoms with E-state index in [1.54, 1.807) is 12.1 Å². The monoisotopic (exact) mass is 339 g/mol. The van der Waals surface area contributed by atoms with Crippen LogP contribution in [0.1, 0.15) is 34.6 Å². The highest BCUT2D eigenvalue weighted by atomic mass is 19.4. The van der Waals surface area contributed by atoms with Gasteiger partial charge in [-0.25, -0.2) is 4.99 Å². The smallest absolute Gasteiger partial charge is 0.361 e. The minimum absolute atomic E-state index is 0.248. The number of amides is 2. The van der Waals surface area contributed by atoms with Gasteiger partial charge in [-0.2, -0.15) is 13.2 Å². The lowest BCUT2D eigenvalue weighted by atomic mass is 10.1. The summed E-state index contributed by atoms with van der Waals surface area (Å²) in [4.78, 5) is 28.9. The summed E-state index contributed by atoms with van der Waals surface area (Å²) in [5, 5.41) is 2.21. The second kappa shape index (κ2) is 6.46. The molecule has 0 spiro atoms. The predicted octanol–water partition coefficient (Wildman–Crippen LogP) is 2.75. The highest BCUT2D eigenvalue weighted by Gasteiger charge is 2.42. The summed E-state index contributed by atoms with van der Waals surface area (Å²) in [5.41, 5.74) is 0.495. The first-order valence-corrected chi connectivity index (χ1v) is 7.17. The summed E-state index contributed by atoms with van der Waals surface area (Å²) < 4.78 is 38.7. The van der Waals surface area contributed by atoms with Crippen LogP contribution in [-0.4, -0.2) is 40.8 Å². The van der Waals surface area contributed by atoms with E-state index in [0.29, 0.717) is 0 Å². The third kappa shape index (κ3) is 3.17. The number of aliphatic imine (C=N–C) groups is 1. The van der Waals surface area contributed by atoms with Crippen LogP contribution < -0.4 is 5.32 Å². The Morgan fingerprint density at radius 2 is 1.71 bits per heavy atom. The first-order valence-electron chi connectivity index (χ1n) is 7.17. The van der Waals surface area contributed by atoms with E-state index in [1.165, 1.54) is 26.0 Å². The lowest BCUT2D eigenvalue weighted by Crippen LogP contribution is -2.53. The van der Waals surface area contributed by atoms with Gasteiger partial charge in [0, 0.05) is 12.2 Å². The number of nitrogens with one attached hydrogen (secondary N) is 1. The molecule has 1 aliphatic rings. The summed E-state index contributed by atoms with van der Waals surface area (Å²) in [5.74, 6) is -2.27. The van der Waals surface area contributed by atoms with E-state index in [1.807, 2.05) is 0 Å². The van der Waals surface area contributed by atoms with Crippen LogP contribution in [0, 0.1) is 0 Å². The maximum absolute atomic E-state index is 12.9. The van der Waals surface area contributed by atoms with Gasteiger partial charge in [0.1, 0.15) is 0 Å². The maximum atomic E-state index is 12.9. The molecule has 128 valence electrons. The quantitative estimate of drug-likeness (QED) is 0.521. The molecule has 2 amide bonds. The van der Waals surface area contributed by atoms with Gasteiger partial charge in [0.25, 0.3) is 11.8 Å². The van der Waals surface area contributed by atoms with Crippen molar-refractivity contribution in [3.05, 3.63) is 48.2 Å². The highest BCUT2D eigenvalue weighted by Crippen LogP contribution is 2.26. The SMILES string of the molecule is C=C/N=C(\NC(C)[C@@H](C)N1C(=O)c2ccccc2C1=O)C(F)(F)F. The second-order valence-electron chi connectivity index (χ2n) is 5.36. The molecule has 1 aromatic rings. The van der Waals surface area contributed by atoms with Crippen molar-refractivity contribution in [2.45, 2.75) is 32.1 Å². The van der Waals surface area contributed by atoms with Crippen molar-refractivity contribution < 1.29 is 22.8 Å². The lowest BCUT2D eigenvalue weighted by Gasteiger charge is -2.29. The van der Waals surface area contributed by atoms with Gasteiger partial charge >= 0.3 is 6.18 Å². The zero-order valence-corrected chi connectivity index (χ0v) is 13.1. The first-order chi connectivity index (χ1) is 11.2. The van der Waals surface area contributed by atoms with Crippen molar-refractivity contribution >= 4 is 17.6 Å². The number of imide groups is 1. The van der Waals surface area contributed by atoms with E-state index < -0.39 is 35.9 Å². The Balaban J connectivity index is 2.22. The molecule has 24 heavy (non-hydrogen) atoms. The standard InChI is InChI=1S/C16H16F3N3O2/c1-4-20-15(16(17,18)19)21-9(2)10(3)22-13(23)11-7-5-6-8-12(11)14(22)24/h4-10H,1H2,2-3H3,(H,20,21)/t9?,10-/m1/s1. The highest BCUT2D eigenvalue weighted by molar-refractivity contribution is 6.21. The molecular weight excluding hydrogens is 323 g/mol. The largest absolute Gasteiger partial charge is 0.449 e. The van der Waals surface area contributed by atoms with Gasteiger partial charge in [-0.05, 0) is 26.0 Å². The number of amidine groups is 1. The summed E-state index contributed by atoms with van der Waals surface area (Å²) in [6.45, 7) is 6.09. The number of hydrogen-bond acceptors (Lipinski definition) is 3. The van der Waals surface area contributed by atoms with Crippen LogP contribution in [0.25, 0.3) is 0 Å². The van der Waals surface area contributed by atoms with Crippen molar-refractivity contribution in [1.82, 2.24) is 10.2 Å². The zero-order valence-electron chi connectivity index (χ0n) is 13.1. The molecule has 2 rings (SSSR count). The third-order valence-corrected chi connectivity index (χ3v) is 3.81. The van der Waals surface area contributed by atoms with Gasteiger partial charge < -0.3 is 5.32 Å². The minimum Gasteiger partial charge on any atom is -0.361 e. The average molecular weight is 339 g/mol. The maximum Gasteiger partial charge on any atom is 0.449 e. The molecule has 1 aliphatic heterocycles. The second-order valence-corrected chi connectivity index (χ2v) is 5.36. The number of alkyl halides is 3. The average Bonchev–Trinajstić information content (AvgIpc) is 2.77. The normalized spacial score (nSPS) is 17.5.